The average molecular weight is 278 g/mol. The molecule has 0 aliphatic carbocycles. The fourth-order valence-corrected chi connectivity index (χ4v) is 2.30. The van der Waals surface area contributed by atoms with Gasteiger partial charge in [-0.25, -0.2) is 9.97 Å². The van der Waals surface area contributed by atoms with Crippen molar-refractivity contribution >= 4 is 17.9 Å². The standard InChI is InChI=1S/C17H18N4/c1-13-6-8-16(19-11-13)21(15-5-3-4-10-18-15)17-9-7-14(2)12-20-17/h3-8,10-12,17H,9H2,1-2H3. The first-order chi connectivity index (χ1) is 10.2. The van der Waals surface area contributed by atoms with Crippen LogP contribution in [0.25, 0.3) is 0 Å². The molecule has 0 fully saturated rings. The second-order valence-electron chi connectivity index (χ2n) is 5.19. The second kappa shape index (κ2) is 5.87. The third kappa shape index (κ3) is 2.99. The summed E-state index contributed by atoms with van der Waals surface area (Å²) in [5.74, 6) is 1.73. The zero-order valence-corrected chi connectivity index (χ0v) is 12.3. The van der Waals surface area contributed by atoms with Crippen LogP contribution in [0.4, 0.5) is 11.6 Å². The molecule has 21 heavy (non-hydrogen) atoms. The Labute approximate surface area is 124 Å². The lowest BCUT2D eigenvalue weighted by Gasteiger charge is -2.30. The van der Waals surface area contributed by atoms with Gasteiger partial charge in [0.25, 0.3) is 0 Å². The lowest BCUT2D eigenvalue weighted by Crippen LogP contribution is -2.31. The molecule has 2 aromatic heterocycles. The van der Waals surface area contributed by atoms with Crippen LogP contribution in [0.1, 0.15) is 18.9 Å². The van der Waals surface area contributed by atoms with Crippen molar-refractivity contribution < 1.29 is 0 Å². The molecule has 0 bridgehead atoms. The smallest absolute Gasteiger partial charge is 0.135 e. The number of aryl methyl sites for hydroxylation is 1. The molecule has 0 amide bonds. The number of hydrogen-bond donors (Lipinski definition) is 0. The Morgan fingerprint density at radius 2 is 1.90 bits per heavy atom. The second-order valence-corrected chi connectivity index (χ2v) is 5.19. The van der Waals surface area contributed by atoms with Gasteiger partial charge < -0.3 is 0 Å². The summed E-state index contributed by atoms with van der Waals surface area (Å²) in [4.78, 5) is 15.7. The van der Waals surface area contributed by atoms with Gasteiger partial charge in [-0.05, 0) is 43.2 Å². The highest BCUT2D eigenvalue weighted by Gasteiger charge is 2.22. The van der Waals surface area contributed by atoms with Gasteiger partial charge >= 0.3 is 0 Å². The van der Waals surface area contributed by atoms with E-state index in [0.717, 1.165) is 23.6 Å². The molecule has 4 heteroatoms. The van der Waals surface area contributed by atoms with Gasteiger partial charge in [0.1, 0.15) is 17.8 Å². The summed E-state index contributed by atoms with van der Waals surface area (Å²) < 4.78 is 0. The zero-order valence-electron chi connectivity index (χ0n) is 12.3. The predicted molar refractivity (Wildman–Crippen MR) is 86.0 cm³/mol. The van der Waals surface area contributed by atoms with Gasteiger partial charge in [0.05, 0.1) is 0 Å². The van der Waals surface area contributed by atoms with Crippen molar-refractivity contribution in [1.82, 2.24) is 9.97 Å². The molecule has 0 N–H and O–H groups in total. The minimum Gasteiger partial charge on any atom is -0.287 e. The first-order valence-electron chi connectivity index (χ1n) is 7.07. The Morgan fingerprint density at radius 3 is 2.52 bits per heavy atom. The van der Waals surface area contributed by atoms with Gasteiger partial charge in [-0.1, -0.05) is 18.2 Å². The maximum atomic E-state index is 4.64. The molecular formula is C17H18N4. The van der Waals surface area contributed by atoms with Gasteiger partial charge in [0.2, 0.25) is 0 Å². The number of allylic oxidation sites excluding steroid dienone is 1. The number of hydrogen-bond acceptors (Lipinski definition) is 4. The molecule has 3 rings (SSSR count). The topological polar surface area (TPSA) is 41.4 Å². The largest absolute Gasteiger partial charge is 0.287 e. The van der Waals surface area contributed by atoms with E-state index in [9.17, 15) is 0 Å². The van der Waals surface area contributed by atoms with Crippen LogP contribution in [0.2, 0.25) is 0 Å². The van der Waals surface area contributed by atoms with E-state index in [1.807, 2.05) is 43.6 Å². The van der Waals surface area contributed by atoms with E-state index in [4.69, 9.17) is 0 Å². The van der Waals surface area contributed by atoms with Gasteiger partial charge in [0.15, 0.2) is 0 Å². The van der Waals surface area contributed by atoms with Crippen LogP contribution in [0.3, 0.4) is 0 Å². The molecule has 0 spiro atoms. The first kappa shape index (κ1) is 13.5. The number of aromatic nitrogens is 2. The molecule has 1 aliphatic heterocycles. The Bertz CT molecular complexity index is 659. The molecule has 3 heterocycles. The highest BCUT2D eigenvalue weighted by atomic mass is 15.3. The van der Waals surface area contributed by atoms with Crippen molar-refractivity contribution in [3.8, 4) is 0 Å². The van der Waals surface area contributed by atoms with E-state index in [1.165, 1.54) is 5.57 Å². The maximum absolute atomic E-state index is 4.64. The van der Waals surface area contributed by atoms with Gasteiger partial charge in [0, 0.05) is 25.0 Å². The third-order valence-electron chi connectivity index (χ3n) is 3.44. The van der Waals surface area contributed by atoms with E-state index in [2.05, 4.69) is 38.9 Å². The first-order valence-corrected chi connectivity index (χ1v) is 7.07. The Kier molecular flexibility index (Phi) is 3.77. The summed E-state index contributed by atoms with van der Waals surface area (Å²) in [6.45, 7) is 4.10. The molecule has 106 valence electrons. The van der Waals surface area contributed by atoms with Crippen molar-refractivity contribution in [2.75, 3.05) is 4.90 Å². The monoisotopic (exact) mass is 278 g/mol. The minimum atomic E-state index is -0.00111. The minimum absolute atomic E-state index is 0.00111. The van der Waals surface area contributed by atoms with Crippen LogP contribution in [0, 0.1) is 6.92 Å². The summed E-state index contributed by atoms with van der Waals surface area (Å²) in [5, 5.41) is 0. The summed E-state index contributed by atoms with van der Waals surface area (Å²) in [6, 6.07) is 9.97. The lowest BCUT2D eigenvalue weighted by atomic mass is 10.1. The van der Waals surface area contributed by atoms with Crippen LogP contribution in [-0.2, 0) is 0 Å². The van der Waals surface area contributed by atoms with E-state index in [-0.39, 0.29) is 6.17 Å². The van der Waals surface area contributed by atoms with Crippen LogP contribution < -0.4 is 4.90 Å². The summed E-state index contributed by atoms with van der Waals surface area (Å²) >= 11 is 0. The van der Waals surface area contributed by atoms with Crippen LogP contribution in [-0.4, -0.2) is 22.3 Å². The van der Waals surface area contributed by atoms with Crippen LogP contribution >= 0.6 is 0 Å². The average Bonchev–Trinajstić information content (AvgIpc) is 2.52. The predicted octanol–water partition coefficient (Wildman–Crippen LogP) is 3.67. The van der Waals surface area contributed by atoms with Crippen molar-refractivity contribution in [3.63, 3.8) is 0 Å². The molecule has 1 atom stereocenters. The Hall–Kier alpha value is -2.49. The third-order valence-corrected chi connectivity index (χ3v) is 3.44. The number of nitrogens with zero attached hydrogens (tertiary/aromatic N) is 4. The van der Waals surface area contributed by atoms with Gasteiger partial charge in [-0.2, -0.15) is 0 Å². The van der Waals surface area contributed by atoms with E-state index >= 15 is 0 Å². The molecular weight excluding hydrogens is 260 g/mol. The summed E-state index contributed by atoms with van der Waals surface area (Å²) in [6.07, 6.45) is 8.64. The molecule has 1 aliphatic rings. The number of pyridine rings is 2. The van der Waals surface area contributed by atoms with Crippen molar-refractivity contribution in [1.29, 1.82) is 0 Å². The number of anilines is 2. The van der Waals surface area contributed by atoms with E-state index < -0.39 is 0 Å². The molecule has 0 aromatic carbocycles. The highest BCUT2D eigenvalue weighted by molar-refractivity contribution is 5.79. The number of dihydropyridines is 1. The molecule has 0 radical (unpaired) electrons. The summed E-state index contributed by atoms with van der Waals surface area (Å²) in [7, 11) is 0. The summed E-state index contributed by atoms with van der Waals surface area (Å²) in [5.41, 5.74) is 2.34. The zero-order chi connectivity index (χ0) is 14.7. The fraction of sp³-hybridized carbons (Fsp3) is 0.235. The van der Waals surface area contributed by atoms with Crippen molar-refractivity contribution in [2.24, 2.45) is 4.99 Å². The van der Waals surface area contributed by atoms with E-state index in [0.29, 0.717) is 0 Å². The fourth-order valence-electron chi connectivity index (χ4n) is 2.30. The number of rotatable bonds is 3. The van der Waals surface area contributed by atoms with Crippen molar-refractivity contribution in [3.05, 3.63) is 59.9 Å². The maximum Gasteiger partial charge on any atom is 0.135 e. The van der Waals surface area contributed by atoms with Crippen LogP contribution in [0.15, 0.2) is 59.4 Å². The molecule has 0 saturated carbocycles. The molecule has 2 aromatic rings. The Morgan fingerprint density at radius 1 is 1.05 bits per heavy atom. The molecule has 1 unspecified atom stereocenters. The normalized spacial score (nSPS) is 17.4. The van der Waals surface area contributed by atoms with Gasteiger partial charge in [-0.15, -0.1) is 0 Å². The van der Waals surface area contributed by atoms with Crippen molar-refractivity contribution in [2.45, 2.75) is 26.4 Å². The van der Waals surface area contributed by atoms with Crippen LogP contribution in [0.5, 0.6) is 0 Å². The van der Waals surface area contributed by atoms with Gasteiger partial charge in [-0.3, -0.25) is 9.89 Å². The lowest BCUT2D eigenvalue weighted by molar-refractivity contribution is 0.674. The molecule has 0 saturated heterocycles. The Balaban J connectivity index is 1.99. The van der Waals surface area contributed by atoms with E-state index in [1.54, 1.807) is 6.20 Å². The molecule has 4 nitrogen and oxygen atoms in total. The SMILES string of the molecule is CC1=CCC(N(c2ccccn2)c2ccc(C)cn2)N=C1. The highest BCUT2D eigenvalue weighted by Crippen LogP contribution is 2.27. The quantitative estimate of drug-likeness (QED) is 0.860. The number of aliphatic imine (C=N–C) groups is 1.